The van der Waals surface area contributed by atoms with Gasteiger partial charge in [0.15, 0.2) is 0 Å². The van der Waals surface area contributed by atoms with Gasteiger partial charge in [-0.2, -0.15) is 0 Å². The molecule has 0 radical (unpaired) electrons. The fourth-order valence-corrected chi connectivity index (χ4v) is 1.86. The van der Waals surface area contributed by atoms with Gasteiger partial charge in [-0.25, -0.2) is 9.59 Å². The lowest BCUT2D eigenvalue weighted by atomic mass is 9.93. The minimum Gasteiger partial charge on any atom is -0.450 e. The van der Waals surface area contributed by atoms with Crippen molar-refractivity contribution in [3.8, 4) is 0 Å². The van der Waals surface area contributed by atoms with Crippen molar-refractivity contribution in [2.45, 2.75) is 38.2 Å². The molecule has 0 aliphatic heterocycles. The second kappa shape index (κ2) is 6.78. The lowest BCUT2D eigenvalue weighted by molar-refractivity contribution is 0.0575. The third kappa shape index (κ3) is 5.24. The van der Waals surface area contributed by atoms with E-state index < -0.39 is 12.3 Å². The molecule has 2 N–H and O–H groups in total. The van der Waals surface area contributed by atoms with Crippen LogP contribution in [0.15, 0.2) is 11.6 Å². The summed E-state index contributed by atoms with van der Waals surface area (Å²) in [4.78, 5) is 20.6. The summed E-state index contributed by atoms with van der Waals surface area (Å²) in [6.07, 6.45) is 2.68. The Morgan fingerprint density at radius 3 is 2.76 bits per heavy atom. The second-order valence-corrected chi connectivity index (χ2v) is 3.80. The summed E-state index contributed by atoms with van der Waals surface area (Å²) < 4.78 is 9.15. The molecule has 0 bridgehead atoms. The van der Waals surface area contributed by atoms with Gasteiger partial charge in [0, 0.05) is 0 Å². The van der Waals surface area contributed by atoms with E-state index in [2.05, 4.69) is 4.74 Å². The Morgan fingerprint density at radius 2 is 2.12 bits per heavy atom. The van der Waals surface area contributed by atoms with E-state index in [4.69, 9.17) is 14.9 Å². The van der Waals surface area contributed by atoms with Gasteiger partial charge in [-0.1, -0.05) is 6.08 Å². The highest BCUT2D eigenvalue weighted by atomic mass is 16.7. The quantitative estimate of drug-likeness (QED) is 0.438. The molecule has 0 amide bonds. The van der Waals surface area contributed by atoms with Crippen LogP contribution in [0.4, 0.5) is 9.59 Å². The van der Waals surface area contributed by atoms with Crippen molar-refractivity contribution in [2.75, 3.05) is 6.61 Å². The molecule has 0 aromatic heterocycles. The standard InChI is InChI=1S/C11H16O6/c12-10(13)16-7-3-5-8-4-1-2-6-9(8)17-11(14)15/h4,9H,1-3,5-7H2,(H,12,13)(H,14,15). The topological polar surface area (TPSA) is 93.1 Å². The van der Waals surface area contributed by atoms with Crippen LogP contribution in [-0.4, -0.2) is 35.2 Å². The van der Waals surface area contributed by atoms with Gasteiger partial charge in [-0.3, -0.25) is 0 Å². The molecule has 1 rings (SSSR count). The molecule has 1 aliphatic rings. The summed E-state index contributed by atoms with van der Waals surface area (Å²) in [5, 5.41) is 16.9. The number of hydrogen-bond donors (Lipinski definition) is 2. The van der Waals surface area contributed by atoms with E-state index in [9.17, 15) is 9.59 Å². The molecule has 17 heavy (non-hydrogen) atoms. The normalized spacial score (nSPS) is 19.3. The smallest absolute Gasteiger partial charge is 0.450 e. The van der Waals surface area contributed by atoms with Crippen molar-refractivity contribution in [3.05, 3.63) is 11.6 Å². The van der Waals surface area contributed by atoms with Crippen LogP contribution in [-0.2, 0) is 9.47 Å². The van der Waals surface area contributed by atoms with Crippen molar-refractivity contribution in [2.24, 2.45) is 0 Å². The minimum atomic E-state index is -1.29. The molecule has 0 saturated heterocycles. The zero-order valence-corrected chi connectivity index (χ0v) is 9.42. The van der Waals surface area contributed by atoms with Crippen LogP contribution in [0.5, 0.6) is 0 Å². The number of carbonyl (C=O) groups is 2. The zero-order valence-electron chi connectivity index (χ0n) is 9.42. The molecule has 6 heteroatoms. The first-order valence-corrected chi connectivity index (χ1v) is 5.54. The van der Waals surface area contributed by atoms with Gasteiger partial charge >= 0.3 is 12.3 Å². The lowest BCUT2D eigenvalue weighted by Crippen LogP contribution is -2.22. The summed E-state index contributed by atoms with van der Waals surface area (Å²) in [6, 6.07) is 0. The van der Waals surface area contributed by atoms with Crippen molar-refractivity contribution in [1.29, 1.82) is 0 Å². The maximum absolute atomic E-state index is 10.5. The number of ether oxygens (including phenoxy) is 2. The van der Waals surface area contributed by atoms with Crippen LogP contribution in [0.3, 0.4) is 0 Å². The Morgan fingerprint density at radius 1 is 1.35 bits per heavy atom. The molecule has 0 saturated carbocycles. The van der Waals surface area contributed by atoms with E-state index in [1.807, 2.05) is 6.08 Å². The van der Waals surface area contributed by atoms with E-state index >= 15 is 0 Å². The molecule has 1 aliphatic carbocycles. The number of rotatable bonds is 5. The first-order chi connectivity index (χ1) is 8.09. The van der Waals surface area contributed by atoms with Gasteiger partial charge in [-0.15, -0.1) is 0 Å². The van der Waals surface area contributed by atoms with Gasteiger partial charge < -0.3 is 19.7 Å². The van der Waals surface area contributed by atoms with Crippen LogP contribution in [0, 0.1) is 0 Å². The molecule has 0 fully saturated rings. The average molecular weight is 244 g/mol. The fourth-order valence-electron chi connectivity index (χ4n) is 1.86. The Labute approximate surface area is 98.8 Å². The lowest BCUT2D eigenvalue weighted by Gasteiger charge is -2.23. The molecule has 6 nitrogen and oxygen atoms in total. The minimum absolute atomic E-state index is 0.118. The Hall–Kier alpha value is -1.72. The van der Waals surface area contributed by atoms with Gasteiger partial charge in [0.05, 0.1) is 6.61 Å². The summed E-state index contributed by atoms with van der Waals surface area (Å²) >= 11 is 0. The molecule has 0 aromatic carbocycles. The van der Waals surface area contributed by atoms with E-state index in [1.165, 1.54) is 0 Å². The van der Waals surface area contributed by atoms with Gasteiger partial charge in [0.2, 0.25) is 0 Å². The van der Waals surface area contributed by atoms with Crippen molar-refractivity contribution < 1.29 is 29.3 Å². The molecule has 0 aromatic rings. The fraction of sp³-hybridized carbons (Fsp3) is 0.636. The predicted molar refractivity (Wildman–Crippen MR) is 58.0 cm³/mol. The highest BCUT2D eigenvalue weighted by molar-refractivity contribution is 5.57. The predicted octanol–water partition coefficient (Wildman–Crippen LogP) is 2.63. The van der Waals surface area contributed by atoms with Crippen LogP contribution >= 0.6 is 0 Å². The molecular formula is C11H16O6. The molecule has 1 atom stereocenters. The largest absolute Gasteiger partial charge is 0.506 e. The van der Waals surface area contributed by atoms with Crippen molar-refractivity contribution in [1.82, 2.24) is 0 Å². The van der Waals surface area contributed by atoms with E-state index in [-0.39, 0.29) is 12.7 Å². The molecule has 0 heterocycles. The summed E-state index contributed by atoms with van der Waals surface area (Å²) in [5.74, 6) is 0. The van der Waals surface area contributed by atoms with E-state index in [0.717, 1.165) is 18.4 Å². The van der Waals surface area contributed by atoms with Crippen LogP contribution in [0.2, 0.25) is 0 Å². The summed E-state index contributed by atoms with van der Waals surface area (Å²) in [5.41, 5.74) is 0.924. The Kier molecular flexibility index (Phi) is 5.32. The van der Waals surface area contributed by atoms with Gasteiger partial charge in [0.1, 0.15) is 6.10 Å². The maximum Gasteiger partial charge on any atom is 0.506 e. The number of hydrogen-bond acceptors (Lipinski definition) is 4. The number of allylic oxidation sites excluding steroid dienone is 1. The van der Waals surface area contributed by atoms with Gasteiger partial charge in [-0.05, 0) is 37.7 Å². The number of carboxylic acid groups (broad SMARTS) is 2. The molecular weight excluding hydrogens is 228 g/mol. The first kappa shape index (κ1) is 13.3. The van der Waals surface area contributed by atoms with E-state index in [1.54, 1.807) is 0 Å². The van der Waals surface area contributed by atoms with E-state index in [0.29, 0.717) is 19.3 Å². The summed E-state index contributed by atoms with van der Waals surface area (Å²) in [6.45, 7) is 0.118. The summed E-state index contributed by atoms with van der Waals surface area (Å²) in [7, 11) is 0. The maximum atomic E-state index is 10.5. The van der Waals surface area contributed by atoms with Crippen molar-refractivity contribution in [3.63, 3.8) is 0 Å². The highest BCUT2D eigenvalue weighted by Gasteiger charge is 2.21. The third-order valence-electron chi connectivity index (χ3n) is 2.57. The van der Waals surface area contributed by atoms with Crippen molar-refractivity contribution >= 4 is 12.3 Å². The third-order valence-corrected chi connectivity index (χ3v) is 2.57. The first-order valence-electron chi connectivity index (χ1n) is 5.54. The second-order valence-electron chi connectivity index (χ2n) is 3.80. The Balaban J connectivity index is 2.35. The highest BCUT2D eigenvalue weighted by Crippen LogP contribution is 2.25. The van der Waals surface area contributed by atoms with Gasteiger partial charge in [0.25, 0.3) is 0 Å². The van der Waals surface area contributed by atoms with Crippen LogP contribution in [0.25, 0.3) is 0 Å². The molecule has 0 spiro atoms. The SMILES string of the molecule is O=C(O)OCCCC1=CCCCC1OC(=O)O. The average Bonchev–Trinajstić information content (AvgIpc) is 2.25. The van der Waals surface area contributed by atoms with Crippen LogP contribution in [0.1, 0.15) is 32.1 Å². The zero-order chi connectivity index (χ0) is 12.7. The Bertz CT molecular complexity index is 309. The molecule has 96 valence electrons. The molecule has 1 unspecified atom stereocenters. The van der Waals surface area contributed by atoms with Crippen LogP contribution < -0.4 is 0 Å². The monoisotopic (exact) mass is 244 g/mol.